The molecule has 0 aromatic carbocycles. The third-order valence-electron chi connectivity index (χ3n) is 3.24. The van der Waals surface area contributed by atoms with Gasteiger partial charge in [-0.2, -0.15) is 17.0 Å². The fraction of sp³-hybridized carbons (Fsp3) is 0.909. The molecule has 0 bridgehead atoms. The maximum Gasteiger partial charge on any atom is 0.116 e. The van der Waals surface area contributed by atoms with Crippen molar-refractivity contribution >= 4 is 11.8 Å². The first-order chi connectivity index (χ1) is 7.24. The van der Waals surface area contributed by atoms with Gasteiger partial charge in [0.15, 0.2) is 0 Å². The Balaban J connectivity index is 1.78. The number of nitriles is 1. The molecule has 0 spiro atoms. The Hall–Kier alpha value is -0.240. The Bertz CT molecular complexity index is 256. The second-order valence-corrected chi connectivity index (χ2v) is 5.84. The van der Waals surface area contributed by atoms with Gasteiger partial charge < -0.3 is 10.5 Å². The molecule has 15 heavy (non-hydrogen) atoms. The zero-order valence-corrected chi connectivity index (χ0v) is 9.76. The molecule has 2 rings (SSSR count). The second-order valence-electron chi connectivity index (χ2n) is 4.55. The smallest absolute Gasteiger partial charge is 0.116 e. The first kappa shape index (κ1) is 11.3. The lowest BCUT2D eigenvalue weighted by molar-refractivity contribution is 0.1000. The van der Waals surface area contributed by atoms with Crippen molar-refractivity contribution in [2.45, 2.75) is 36.5 Å². The van der Waals surface area contributed by atoms with Crippen LogP contribution in [0.25, 0.3) is 0 Å². The molecular weight excluding hydrogens is 208 g/mol. The fourth-order valence-corrected chi connectivity index (χ4v) is 3.28. The summed E-state index contributed by atoms with van der Waals surface area (Å²) in [5, 5.41) is 9.76. The van der Waals surface area contributed by atoms with Crippen molar-refractivity contribution in [2.75, 3.05) is 19.0 Å². The van der Waals surface area contributed by atoms with E-state index in [2.05, 4.69) is 6.07 Å². The number of nitrogens with two attached hydrogens (primary N) is 1. The highest BCUT2D eigenvalue weighted by molar-refractivity contribution is 8.00. The predicted molar refractivity (Wildman–Crippen MR) is 61.6 cm³/mol. The highest BCUT2D eigenvalue weighted by atomic mass is 32.2. The van der Waals surface area contributed by atoms with Gasteiger partial charge in [0.2, 0.25) is 0 Å². The highest BCUT2D eigenvalue weighted by Crippen LogP contribution is 2.40. The SMILES string of the molecule is N#CC(N)(CSC1CCOCC1)C1CC1. The van der Waals surface area contributed by atoms with Crippen LogP contribution in [0.5, 0.6) is 0 Å². The lowest BCUT2D eigenvalue weighted by Gasteiger charge is -2.26. The van der Waals surface area contributed by atoms with Crippen LogP contribution in [0.15, 0.2) is 0 Å². The van der Waals surface area contributed by atoms with Gasteiger partial charge in [-0.25, -0.2) is 0 Å². The largest absolute Gasteiger partial charge is 0.381 e. The minimum atomic E-state index is -0.566. The summed E-state index contributed by atoms with van der Waals surface area (Å²) in [6.07, 6.45) is 4.49. The summed E-state index contributed by atoms with van der Waals surface area (Å²) in [6.45, 7) is 1.73. The quantitative estimate of drug-likeness (QED) is 0.789. The summed E-state index contributed by atoms with van der Waals surface area (Å²) in [5.41, 5.74) is 5.54. The van der Waals surface area contributed by atoms with Crippen LogP contribution in [-0.4, -0.2) is 29.8 Å². The summed E-state index contributed by atoms with van der Waals surface area (Å²) in [7, 11) is 0. The predicted octanol–water partition coefficient (Wildman–Crippen LogP) is 1.53. The number of hydrogen-bond acceptors (Lipinski definition) is 4. The van der Waals surface area contributed by atoms with Gasteiger partial charge in [0.1, 0.15) is 5.54 Å². The number of rotatable bonds is 4. The summed E-state index contributed by atoms with van der Waals surface area (Å²) in [4.78, 5) is 0. The molecule has 1 heterocycles. The molecule has 1 aliphatic heterocycles. The van der Waals surface area contributed by atoms with Gasteiger partial charge >= 0.3 is 0 Å². The van der Waals surface area contributed by atoms with E-state index in [1.807, 2.05) is 11.8 Å². The monoisotopic (exact) mass is 226 g/mol. The van der Waals surface area contributed by atoms with Crippen molar-refractivity contribution in [3.63, 3.8) is 0 Å². The molecule has 0 aromatic heterocycles. The van der Waals surface area contributed by atoms with E-state index in [1.165, 1.54) is 0 Å². The number of thioether (sulfide) groups is 1. The third-order valence-corrected chi connectivity index (χ3v) is 4.83. The molecule has 1 saturated carbocycles. The van der Waals surface area contributed by atoms with E-state index in [-0.39, 0.29) is 0 Å². The summed E-state index contributed by atoms with van der Waals surface area (Å²) in [6, 6.07) is 2.31. The average molecular weight is 226 g/mol. The van der Waals surface area contributed by atoms with Gasteiger partial charge in [-0.1, -0.05) is 0 Å². The standard InChI is InChI=1S/C11H18N2OS/c12-7-11(13,9-1-2-9)8-15-10-3-5-14-6-4-10/h9-10H,1-6,8,13H2. The molecule has 0 aromatic rings. The first-order valence-electron chi connectivity index (χ1n) is 5.64. The maximum atomic E-state index is 9.11. The molecule has 1 atom stereocenters. The van der Waals surface area contributed by atoms with E-state index >= 15 is 0 Å². The molecular formula is C11H18N2OS. The Kier molecular flexibility index (Phi) is 3.55. The maximum absolute atomic E-state index is 9.11. The van der Waals surface area contributed by atoms with E-state index in [4.69, 9.17) is 15.7 Å². The molecule has 2 N–H and O–H groups in total. The molecule has 1 aliphatic carbocycles. The first-order valence-corrected chi connectivity index (χ1v) is 6.69. The molecule has 3 nitrogen and oxygen atoms in total. The lowest BCUT2D eigenvalue weighted by Crippen LogP contribution is -2.44. The molecule has 4 heteroatoms. The van der Waals surface area contributed by atoms with E-state index in [9.17, 15) is 0 Å². The van der Waals surface area contributed by atoms with E-state index in [0.29, 0.717) is 11.2 Å². The molecule has 0 radical (unpaired) electrons. The fourth-order valence-electron chi connectivity index (χ4n) is 1.94. The Labute approximate surface area is 95.3 Å². The molecule has 84 valence electrons. The molecule has 1 unspecified atom stereocenters. The normalized spacial score (nSPS) is 26.9. The van der Waals surface area contributed by atoms with Gasteiger partial charge in [0.25, 0.3) is 0 Å². The zero-order valence-electron chi connectivity index (χ0n) is 8.95. The van der Waals surface area contributed by atoms with Crippen molar-refractivity contribution < 1.29 is 4.74 Å². The second kappa shape index (κ2) is 4.73. The van der Waals surface area contributed by atoms with E-state index in [0.717, 1.165) is 44.6 Å². The van der Waals surface area contributed by atoms with Crippen molar-refractivity contribution in [3.05, 3.63) is 0 Å². The van der Waals surface area contributed by atoms with Crippen LogP contribution < -0.4 is 5.73 Å². The van der Waals surface area contributed by atoms with Crippen molar-refractivity contribution in [1.82, 2.24) is 0 Å². The minimum absolute atomic E-state index is 0.454. The van der Waals surface area contributed by atoms with Crippen LogP contribution in [0.1, 0.15) is 25.7 Å². The van der Waals surface area contributed by atoms with Crippen LogP contribution in [0, 0.1) is 17.2 Å². The van der Waals surface area contributed by atoms with Crippen LogP contribution in [0.3, 0.4) is 0 Å². The van der Waals surface area contributed by atoms with Gasteiger partial charge in [0.05, 0.1) is 6.07 Å². The van der Waals surface area contributed by atoms with Gasteiger partial charge in [0, 0.05) is 24.2 Å². The van der Waals surface area contributed by atoms with Crippen molar-refractivity contribution in [3.8, 4) is 6.07 Å². The van der Waals surface area contributed by atoms with Crippen LogP contribution in [-0.2, 0) is 4.74 Å². The minimum Gasteiger partial charge on any atom is -0.381 e. The Morgan fingerprint density at radius 1 is 1.33 bits per heavy atom. The molecule has 0 amide bonds. The number of hydrogen-bond donors (Lipinski definition) is 1. The van der Waals surface area contributed by atoms with Crippen molar-refractivity contribution in [2.24, 2.45) is 11.7 Å². The Morgan fingerprint density at radius 3 is 2.53 bits per heavy atom. The van der Waals surface area contributed by atoms with E-state index in [1.54, 1.807) is 0 Å². The average Bonchev–Trinajstić information content (AvgIpc) is 3.11. The van der Waals surface area contributed by atoms with Gasteiger partial charge in [-0.3, -0.25) is 0 Å². The highest BCUT2D eigenvalue weighted by Gasteiger charge is 2.42. The lowest BCUT2D eigenvalue weighted by atomic mass is 10.00. The topological polar surface area (TPSA) is 59.0 Å². The molecule has 2 fully saturated rings. The van der Waals surface area contributed by atoms with Gasteiger partial charge in [-0.05, 0) is 31.6 Å². The number of ether oxygens (including phenoxy) is 1. The van der Waals surface area contributed by atoms with Crippen LogP contribution in [0.2, 0.25) is 0 Å². The molecule has 2 aliphatic rings. The number of nitrogens with zero attached hydrogens (tertiary/aromatic N) is 1. The Morgan fingerprint density at radius 2 is 2.00 bits per heavy atom. The van der Waals surface area contributed by atoms with E-state index < -0.39 is 5.54 Å². The summed E-state index contributed by atoms with van der Waals surface area (Å²) >= 11 is 1.87. The molecule has 1 saturated heterocycles. The van der Waals surface area contributed by atoms with Crippen molar-refractivity contribution in [1.29, 1.82) is 5.26 Å². The zero-order chi connectivity index (χ0) is 10.7. The van der Waals surface area contributed by atoms with Crippen LogP contribution in [0.4, 0.5) is 0 Å². The summed E-state index contributed by atoms with van der Waals surface area (Å²) < 4.78 is 5.31. The van der Waals surface area contributed by atoms with Crippen LogP contribution >= 0.6 is 11.8 Å². The third kappa shape index (κ3) is 2.87. The summed E-state index contributed by atoms with van der Waals surface area (Å²) in [5.74, 6) is 1.24. The van der Waals surface area contributed by atoms with Gasteiger partial charge in [-0.15, -0.1) is 0 Å².